The minimum atomic E-state index is 0. The molecule has 0 aromatic carbocycles. The molecule has 1 aliphatic heterocycles. The molecule has 1 aromatic heterocycles. The summed E-state index contributed by atoms with van der Waals surface area (Å²) in [6.07, 6.45) is 3.04. The molecular formula is C14H23IN4. The number of guanidine groups is 1. The van der Waals surface area contributed by atoms with Gasteiger partial charge in [0.15, 0.2) is 5.96 Å². The van der Waals surface area contributed by atoms with Crippen molar-refractivity contribution in [2.45, 2.75) is 26.8 Å². The van der Waals surface area contributed by atoms with Crippen molar-refractivity contribution in [3.8, 4) is 0 Å². The quantitative estimate of drug-likeness (QED) is 0.491. The van der Waals surface area contributed by atoms with Gasteiger partial charge in [0.2, 0.25) is 0 Å². The first-order valence-corrected chi connectivity index (χ1v) is 6.46. The average Bonchev–Trinajstić information content (AvgIpc) is 2.72. The van der Waals surface area contributed by atoms with Crippen molar-refractivity contribution in [2.24, 2.45) is 10.4 Å². The van der Waals surface area contributed by atoms with Gasteiger partial charge in [0, 0.05) is 26.3 Å². The molecule has 1 aliphatic rings. The number of nitrogens with one attached hydrogen (secondary N) is 1. The maximum absolute atomic E-state index is 4.35. The molecule has 0 radical (unpaired) electrons. The Balaban J connectivity index is 0.00000180. The molecule has 0 saturated carbocycles. The molecule has 0 amide bonds. The van der Waals surface area contributed by atoms with Gasteiger partial charge in [-0.15, -0.1) is 24.0 Å². The van der Waals surface area contributed by atoms with Crippen LogP contribution >= 0.6 is 24.0 Å². The van der Waals surface area contributed by atoms with Gasteiger partial charge in [0.25, 0.3) is 0 Å². The van der Waals surface area contributed by atoms with E-state index in [1.54, 1.807) is 0 Å². The SMILES string of the molecule is CN=C(NCc1ccccn1)N1CCC(C)(C)C1.I. The van der Waals surface area contributed by atoms with E-state index in [9.17, 15) is 0 Å². The number of rotatable bonds is 2. The zero-order chi connectivity index (χ0) is 13.0. The summed E-state index contributed by atoms with van der Waals surface area (Å²) in [4.78, 5) is 11.0. The normalized spacial score (nSPS) is 18.1. The summed E-state index contributed by atoms with van der Waals surface area (Å²) in [7, 11) is 1.84. The summed E-state index contributed by atoms with van der Waals surface area (Å²) in [5.74, 6) is 0.978. The fourth-order valence-electron chi connectivity index (χ4n) is 2.30. The van der Waals surface area contributed by atoms with Crippen LogP contribution in [0.15, 0.2) is 29.4 Å². The van der Waals surface area contributed by atoms with Crippen molar-refractivity contribution >= 4 is 29.9 Å². The Kier molecular flexibility index (Phi) is 6.03. The van der Waals surface area contributed by atoms with E-state index in [0.717, 1.165) is 31.3 Å². The Hall–Kier alpha value is -0.850. The molecule has 0 atom stereocenters. The van der Waals surface area contributed by atoms with E-state index < -0.39 is 0 Å². The lowest BCUT2D eigenvalue weighted by molar-refractivity contribution is 0.370. The minimum absolute atomic E-state index is 0. The number of pyridine rings is 1. The molecule has 2 rings (SSSR count). The van der Waals surface area contributed by atoms with Crippen LogP contribution in [0, 0.1) is 5.41 Å². The third-order valence-electron chi connectivity index (χ3n) is 3.34. The molecule has 1 saturated heterocycles. The summed E-state index contributed by atoms with van der Waals surface area (Å²) in [6, 6.07) is 5.96. The van der Waals surface area contributed by atoms with E-state index in [1.165, 1.54) is 6.42 Å². The smallest absolute Gasteiger partial charge is 0.193 e. The molecule has 0 bridgehead atoms. The minimum Gasteiger partial charge on any atom is -0.351 e. The molecule has 106 valence electrons. The number of nitrogens with zero attached hydrogens (tertiary/aromatic N) is 3. The lowest BCUT2D eigenvalue weighted by atomic mass is 9.93. The number of hydrogen-bond donors (Lipinski definition) is 1. The molecular weight excluding hydrogens is 351 g/mol. The van der Waals surface area contributed by atoms with Gasteiger partial charge in [0.1, 0.15) is 0 Å². The van der Waals surface area contributed by atoms with Crippen LogP contribution in [-0.2, 0) is 6.54 Å². The van der Waals surface area contributed by atoms with Crippen LogP contribution in [0.25, 0.3) is 0 Å². The third kappa shape index (κ3) is 4.63. The maximum Gasteiger partial charge on any atom is 0.193 e. The summed E-state index contributed by atoms with van der Waals surface area (Å²) in [6.45, 7) is 7.48. The van der Waals surface area contributed by atoms with Crippen molar-refractivity contribution < 1.29 is 0 Å². The van der Waals surface area contributed by atoms with E-state index in [-0.39, 0.29) is 24.0 Å². The molecule has 1 N–H and O–H groups in total. The first-order valence-electron chi connectivity index (χ1n) is 6.46. The average molecular weight is 374 g/mol. The Morgan fingerprint density at radius 3 is 2.79 bits per heavy atom. The van der Waals surface area contributed by atoms with Crippen LogP contribution in [0.1, 0.15) is 26.0 Å². The Morgan fingerprint density at radius 1 is 1.47 bits per heavy atom. The van der Waals surface area contributed by atoms with Crippen molar-refractivity contribution in [3.63, 3.8) is 0 Å². The van der Waals surface area contributed by atoms with Crippen LogP contribution in [0.5, 0.6) is 0 Å². The molecule has 1 fully saturated rings. The molecule has 19 heavy (non-hydrogen) atoms. The summed E-state index contributed by atoms with van der Waals surface area (Å²) in [5.41, 5.74) is 1.43. The van der Waals surface area contributed by atoms with Crippen LogP contribution in [0.2, 0.25) is 0 Å². The highest BCUT2D eigenvalue weighted by molar-refractivity contribution is 14.0. The third-order valence-corrected chi connectivity index (χ3v) is 3.34. The predicted molar refractivity (Wildman–Crippen MR) is 89.8 cm³/mol. The van der Waals surface area contributed by atoms with Gasteiger partial charge in [0.05, 0.1) is 12.2 Å². The van der Waals surface area contributed by atoms with Gasteiger partial charge in [-0.2, -0.15) is 0 Å². The highest BCUT2D eigenvalue weighted by Crippen LogP contribution is 2.28. The lowest BCUT2D eigenvalue weighted by Gasteiger charge is -2.23. The largest absolute Gasteiger partial charge is 0.351 e. The Bertz CT molecular complexity index is 417. The number of likely N-dealkylation sites (tertiary alicyclic amines) is 1. The number of aliphatic imine (C=N–C) groups is 1. The first kappa shape index (κ1) is 16.2. The molecule has 5 heteroatoms. The van der Waals surface area contributed by atoms with Crippen molar-refractivity contribution in [1.29, 1.82) is 0 Å². The fraction of sp³-hybridized carbons (Fsp3) is 0.571. The van der Waals surface area contributed by atoms with Gasteiger partial charge in [-0.05, 0) is 24.0 Å². The molecule has 1 aromatic rings. The number of halogens is 1. The standard InChI is InChI=1S/C14H22N4.HI/c1-14(2)7-9-18(11-14)13(15-3)17-10-12-6-4-5-8-16-12;/h4-6,8H,7,9-11H2,1-3H3,(H,15,17);1H. The Labute approximate surface area is 132 Å². The summed E-state index contributed by atoms with van der Waals surface area (Å²) >= 11 is 0. The molecule has 2 heterocycles. The highest BCUT2D eigenvalue weighted by Gasteiger charge is 2.30. The second-order valence-corrected chi connectivity index (χ2v) is 5.56. The van der Waals surface area contributed by atoms with Gasteiger partial charge in [-0.3, -0.25) is 9.98 Å². The molecule has 0 aliphatic carbocycles. The van der Waals surface area contributed by atoms with E-state index in [1.807, 2.05) is 31.4 Å². The van der Waals surface area contributed by atoms with E-state index in [4.69, 9.17) is 0 Å². The number of hydrogen-bond acceptors (Lipinski definition) is 2. The van der Waals surface area contributed by atoms with Gasteiger partial charge >= 0.3 is 0 Å². The van der Waals surface area contributed by atoms with E-state index >= 15 is 0 Å². The number of aromatic nitrogens is 1. The van der Waals surface area contributed by atoms with Gasteiger partial charge < -0.3 is 10.2 Å². The lowest BCUT2D eigenvalue weighted by Crippen LogP contribution is -2.40. The zero-order valence-corrected chi connectivity index (χ0v) is 14.2. The van der Waals surface area contributed by atoms with Crippen LogP contribution in [-0.4, -0.2) is 36.0 Å². The van der Waals surface area contributed by atoms with Crippen molar-refractivity contribution in [1.82, 2.24) is 15.2 Å². The molecule has 4 nitrogen and oxygen atoms in total. The second-order valence-electron chi connectivity index (χ2n) is 5.56. The topological polar surface area (TPSA) is 40.5 Å². The van der Waals surface area contributed by atoms with E-state index in [0.29, 0.717) is 5.41 Å². The zero-order valence-electron chi connectivity index (χ0n) is 11.9. The maximum atomic E-state index is 4.35. The fourth-order valence-corrected chi connectivity index (χ4v) is 2.30. The van der Waals surface area contributed by atoms with Crippen LogP contribution in [0.3, 0.4) is 0 Å². The van der Waals surface area contributed by atoms with Gasteiger partial charge in [-0.1, -0.05) is 19.9 Å². The highest BCUT2D eigenvalue weighted by atomic mass is 127. The summed E-state index contributed by atoms with van der Waals surface area (Å²) in [5, 5.41) is 3.38. The van der Waals surface area contributed by atoms with Crippen molar-refractivity contribution in [2.75, 3.05) is 20.1 Å². The van der Waals surface area contributed by atoms with Crippen LogP contribution in [0.4, 0.5) is 0 Å². The first-order chi connectivity index (χ1) is 8.61. The predicted octanol–water partition coefficient (Wildman–Crippen LogP) is 2.51. The summed E-state index contributed by atoms with van der Waals surface area (Å²) < 4.78 is 0. The molecule has 0 spiro atoms. The van der Waals surface area contributed by atoms with Crippen molar-refractivity contribution in [3.05, 3.63) is 30.1 Å². The van der Waals surface area contributed by atoms with Crippen LogP contribution < -0.4 is 5.32 Å². The second kappa shape index (κ2) is 7.07. The van der Waals surface area contributed by atoms with Gasteiger partial charge in [-0.25, -0.2) is 0 Å². The van der Waals surface area contributed by atoms with E-state index in [2.05, 4.69) is 34.0 Å². The monoisotopic (exact) mass is 374 g/mol. The molecule has 0 unspecified atom stereocenters. The Morgan fingerprint density at radius 2 is 2.26 bits per heavy atom.